The average Bonchev–Trinajstić information content (AvgIpc) is 2.92. The summed E-state index contributed by atoms with van der Waals surface area (Å²) in [4.78, 5) is 14.4. The first kappa shape index (κ1) is 40.7. The first-order valence-electron chi connectivity index (χ1n) is 18.5. The molecule has 0 amide bonds. The van der Waals surface area contributed by atoms with Gasteiger partial charge in [-0.3, -0.25) is 0 Å². The normalized spacial score (nSPS) is 17.4. The van der Waals surface area contributed by atoms with E-state index in [9.17, 15) is 9.90 Å². The maximum Gasteiger partial charge on any atom is 0.532 e. The first-order chi connectivity index (χ1) is 22.8. The lowest BCUT2D eigenvalue weighted by Gasteiger charge is -2.36. The van der Waals surface area contributed by atoms with Crippen LogP contribution in [0.1, 0.15) is 192 Å². The first-order valence-corrected chi connectivity index (χ1v) is 19.6. The number of phenolic OH excluding ortho intramolecular Hbond substituents is 1. The number of fused-ring (bicyclic) bond motifs is 2. The molecule has 280 valence electrons. The van der Waals surface area contributed by atoms with Gasteiger partial charge in [0, 0.05) is 39.3 Å². The Morgan fingerprint density at radius 2 is 0.882 bits per heavy atom. The molecule has 1 aliphatic heterocycles. The minimum atomic E-state index is -2.27. The second-order valence-electron chi connectivity index (χ2n) is 20.8. The van der Waals surface area contributed by atoms with E-state index in [1.54, 1.807) is 12.1 Å². The maximum atomic E-state index is 14.4. The fourth-order valence-electron chi connectivity index (χ4n) is 6.52. The lowest BCUT2D eigenvalue weighted by Crippen LogP contribution is -2.23. The molecule has 1 heterocycles. The van der Waals surface area contributed by atoms with Crippen molar-refractivity contribution in [1.82, 2.24) is 0 Å². The summed E-state index contributed by atoms with van der Waals surface area (Å²) in [7, 11) is -2.27. The summed E-state index contributed by atoms with van der Waals surface area (Å²) in [5.41, 5.74) is 6.80. The van der Waals surface area contributed by atoms with E-state index in [4.69, 9.17) is 13.6 Å². The van der Waals surface area contributed by atoms with Crippen LogP contribution in [0.4, 0.5) is 0 Å². The van der Waals surface area contributed by atoms with Crippen LogP contribution in [0.25, 0.3) is 0 Å². The van der Waals surface area contributed by atoms with Crippen molar-refractivity contribution in [2.24, 2.45) is 0 Å². The summed E-state index contributed by atoms with van der Waals surface area (Å²) >= 11 is 0. The molecule has 0 radical (unpaired) electrons. The summed E-state index contributed by atoms with van der Waals surface area (Å²) in [6.45, 7) is 41.0. The van der Waals surface area contributed by atoms with Gasteiger partial charge in [-0.1, -0.05) is 156 Å². The van der Waals surface area contributed by atoms with Crippen LogP contribution >= 0.6 is 8.60 Å². The maximum absolute atomic E-state index is 14.4. The standard InChI is InChI=1S/C45H65O5P/c1-26-30-22-28(40(2,3)4)24-34(44(14,15)16)37(30)48-51(49-38-31(26)23-29(41(5,6)7)25-35(38)45(17,18)19)50-39(47)27-20-32(42(8,9)10)36(46)33(21-27)43(11,12)13/h20-26,46H,1-19H3. The van der Waals surface area contributed by atoms with Crippen LogP contribution in [0.2, 0.25) is 0 Å². The Kier molecular flexibility index (Phi) is 10.5. The van der Waals surface area contributed by atoms with E-state index in [-0.39, 0.29) is 33.3 Å². The Balaban J connectivity index is 2.05. The quantitative estimate of drug-likeness (QED) is 0.268. The van der Waals surface area contributed by atoms with E-state index in [1.807, 2.05) is 41.5 Å². The molecule has 0 spiro atoms. The zero-order chi connectivity index (χ0) is 39.0. The van der Waals surface area contributed by atoms with E-state index >= 15 is 0 Å². The van der Waals surface area contributed by atoms with Gasteiger partial charge in [-0.15, -0.1) is 0 Å². The van der Waals surface area contributed by atoms with Crippen LogP contribution in [-0.2, 0) is 37.0 Å². The number of rotatable bonds is 2. The molecule has 0 aromatic heterocycles. The van der Waals surface area contributed by atoms with Gasteiger partial charge in [0.25, 0.3) is 0 Å². The Bertz CT molecular complexity index is 1690. The molecule has 6 heteroatoms. The highest BCUT2D eigenvalue weighted by Gasteiger charge is 2.39. The molecule has 3 aromatic rings. The third kappa shape index (κ3) is 8.62. The van der Waals surface area contributed by atoms with Crippen LogP contribution in [0.3, 0.4) is 0 Å². The Hall–Kier alpha value is -3.04. The Morgan fingerprint density at radius 3 is 1.18 bits per heavy atom. The van der Waals surface area contributed by atoms with Crippen molar-refractivity contribution in [2.75, 3.05) is 0 Å². The molecule has 3 aromatic carbocycles. The van der Waals surface area contributed by atoms with E-state index in [0.29, 0.717) is 28.2 Å². The topological polar surface area (TPSA) is 65.0 Å². The zero-order valence-corrected chi connectivity index (χ0v) is 36.0. The van der Waals surface area contributed by atoms with E-state index in [2.05, 4.69) is 114 Å². The summed E-state index contributed by atoms with van der Waals surface area (Å²) in [6.07, 6.45) is 0. The van der Waals surface area contributed by atoms with E-state index in [1.165, 1.54) is 11.1 Å². The van der Waals surface area contributed by atoms with Gasteiger partial charge in [-0.25, -0.2) is 4.79 Å². The summed E-state index contributed by atoms with van der Waals surface area (Å²) < 4.78 is 20.2. The molecule has 0 bridgehead atoms. The largest absolute Gasteiger partial charge is 0.532 e. The highest BCUT2D eigenvalue weighted by atomic mass is 31.2. The smallest absolute Gasteiger partial charge is 0.507 e. The SMILES string of the molecule is CC1c2cc(C(C)(C)C)cc(C(C)(C)C)c2OP(OC(=O)c2cc(C(C)(C)C)c(O)c(C(C)(C)C)c2)Oc2c1cc(C(C)(C)C)cc2C(C)(C)C. The minimum absolute atomic E-state index is 0.0737. The predicted molar refractivity (Wildman–Crippen MR) is 214 cm³/mol. The average molecular weight is 717 g/mol. The molecule has 1 N–H and O–H groups in total. The zero-order valence-electron chi connectivity index (χ0n) is 35.1. The molecule has 0 saturated carbocycles. The lowest BCUT2D eigenvalue weighted by atomic mass is 9.74. The van der Waals surface area contributed by atoms with Crippen LogP contribution in [-0.4, -0.2) is 11.1 Å². The number of hydrogen-bond acceptors (Lipinski definition) is 5. The van der Waals surface area contributed by atoms with Crippen molar-refractivity contribution >= 4 is 14.6 Å². The molecular formula is C45H65O5P. The highest BCUT2D eigenvalue weighted by Crippen LogP contribution is 2.56. The molecule has 0 fully saturated rings. The number of aromatic hydroxyl groups is 1. The molecule has 0 atom stereocenters. The fraction of sp³-hybridized carbons (Fsp3) is 0.578. The monoisotopic (exact) mass is 716 g/mol. The van der Waals surface area contributed by atoms with Crippen molar-refractivity contribution in [1.29, 1.82) is 0 Å². The second-order valence-corrected chi connectivity index (χ2v) is 21.8. The molecule has 0 unspecified atom stereocenters. The minimum Gasteiger partial charge on any atom is -0.507 e. The van der Waals surface area contributed by atoms with Crippen molar-refractivity contribution in [3.8, 4) is 17.2 Å². The fourth-order valence-corrected chi connectivity index (χ4v) is 7.58. The molecule has 0 aliphatic carbocycles. The number of carbonyl (C=O) groups is 1. The molecule has 1 aliphatic rings. The molecule has 0 saturated heterocycles. The van der Waals surface area contributed by atoms with Crippen LogP contribution in [0, 0.1) is 0 Å². The van der Waals surface area contributed by atoms with Gasteiger partial charge in [-0.05, 0) is 55.7 Å². The van der Waals surface area contributed by atoms with Gasteiger partial charge >= 0.3 is 14.6 Å². The second kappa shape index (κ2) is 13.1. The van der Waals surface area contributed by atoms with Crippen LogP contribution < -0.4 is 9.05 Å². The van der Waals surface area contributed by atoms with Crippen LogP contribution in [0.5, 0.6) is 17.2 Å². The van der Waals surface area contributed by atoms with Gasteiger partial charge in [0.15, 0.2) is 0 Å². The van der Waals surface area contributed by atoms with Gasteiger partial charge < -0.3 is 18.7 Å². The van der Waals surface area contributed by atoms with Crippen LogP contribution in [0.15, 0.2) is 36.4 Å². The van der Waals surface area contributed by atoms with Gasteiger partial charge in [-0.2, -0.15) is 0 Å². The number of hydrogen-bond donors (Lipinski definition) is 1. The Morgan fingerprint density at radius 1 is 0.549 bits per heavy atom. The van der Waals surface area contributed by atoms with Crippen molar-refractivity contribution in [2.45, 2.75) is 170 Å². The lowest BCUT2D eigenvalue weighted by molar-refractivity contribution is 0.0719. The third-order valence-corrected chi connectivity index (χ3v) is 10.9. The van der Waals surface area contributed by atoms with Crippen molar-refractivity contribution in [3.63, 3.8) is 0 Å². The molecular weight excluding hydrogens is 651 g/mol. The molecule has 5 nitrogen and oxygen atoms in total. The summed E-state index contributed by atoms with van der Waals surface area (Å²) in [5, 5.41) is 11.4. The Labute approximate surface area is 310 Å². The van der Waals surface area contributed by atoms with E-state index < -0.39 is 25.4 Å². The van der Waals surface area contributed by atoms with E-state index in [0.717, 1.165) is 22.3 Å². The van der Waals surface area contributed by atoms with Crippen molar-refractivity contribution in [3.05, 3.63) is 86.5 Å². The van der Waals surface area contributed by atoms with Crippen molar-refractivity contribution < 1.29 is 23.5 Å². The molecule has 51 heavy (non-hydrogen) atoms. The number of carbonyl (C=O) groups excluding carboxylic acids is 1. The van der Waals surface area contributed by atoms with Gasteiger partial charge in [0.05, 0.1) is 5.56 Å². The predicted octanol–water partition coefficient (Wildman–Crippen LogP) is 13.2. The molecule has 4 rings (SSSR count). The number of phenols is 1. The number of benzene rings is 3. The van der Waals surface area contributed by atoms with Gasteiger partial charge in [0.2, 0.25) is 0 Å². The third-order valence-electron chi connectivity index (χ3n) is 9.97. The summed E-state index contributed by atoms with van der Waals surface area (Å²) in [6, 6.07) is 12.6. The summed E-state index contributed by atoms with van der Waals surface area (Å²) in [5.74, 6) is 1.00. The highest BCUT2D eigenvalue weighted by molar-refractivity contribution is 7.43. The van der Waals surface area contributed by atoms with Gasteiger partial charge in [0.1, 0.15) is 17.2 Å².